The maximum absolute atomic E-state index is 14.7. The van der Waals surface area contributed by atoms with Crippen molar-refractivity contribution in [2.24, 2.45) is 17.8 Å². The summed E-state index contributed by atoms with van der Waals surface area (Å²) >= 11 is 3.70. The lowest BCUT2D eigenvalue weighted by Gasteiger charge is -2.40. The summed E-state index contributed by atoms with van der Waals surface area (Å²) in [4.78, 5) is 45.4. The number of halogens is 1. The van der Waals surface area contributed by atoms with Gasteiger partial charge in [-0.2, -0.15) is 0 Å². The molecule has 3 saturated heterocycles. The first-order valence-electron chi connectivity index (χ1n) is 14.1. The van der Waals surface area contributed by atoms with Crippen LogP contribution < -0.4 is 4.90 Å². The van der Waals surface area contributed by atoms with E-state index in [1.807, 2.05) is 45.9 Å². The van der Waals surface area contributed by atoms with Gasteiger partial charge in [-0.15, -0.1) is 13.2 Å². The van der Waals surface area contributed by atoms with Crippen LogP contribution in [-0.4, -0.2) is 76.2 Å². The first-order valence-corrected chi connectivity index (χ1v) is 15.0. The van der Waals surface area contributed by atoms with Crippen LogP contribution in [0.15, 0.2) is 43.5 Å². The number of aliphatic hydroxyl groups is 1. The molecule has 0 aliphatic carbocycles. The fourth-order valence-electron chi connectivity index (χ4n) is 6.68. The van der Waals surface area contributed by atoms with Crippen molar-refractivity contribution in [2.75, 3.05) is 24.7 Å². The molecule has 3 aliphatic heterocycles. The maximum Gasteiger partial charge on any atom is 0.312 e. The monoisotopic (exact) mass is 616 g/mol. The van der Waals surface area contributed by atoms with E-state index in [1.54, 1.807) is 17.1 Å². The number of aryl methyl sites for hydroxylation is 2. The van der Waals surface area contributed by atoms with Gasteiger partial charge in [-0.25, -0.2) is 0 Å². The van der Waals surface area contributed by atoms with Gasteiger partial charge in [-0.3, -0.25) is 14.4 Å². The number of carbonyl (C=O) groups excluding carboxylic acids is 3. The number of hydrogen-bond donors (Lipinski definition) is 1. The quantitative estimate of drug-likeness (QED) is 0.164. The Morgan fingerprint density at radius 2 is 2.02 bits per heavy atom. The third-order valence-corrected chi connectivity index (χ3v) is 9.42. The number of amides is 2. The van der Waals surface area contributed by atoms with Gasteiger partial charge < -0.3 is 24.4 Å². The number of nitrogens with zero attached hydrogens (tertiary/aromatic N) is 2. The smallest absolute Gasteiger partial charge is 0.312 e. The molecule has 2 bridgehead atoms. The molecule has 0 aromatic heterocycles. The normalized spacial score (nSPS) is 29.4. The molecule has 3 unspecified atom stereocenters. The van der Waals surface area contributed by atoms with E-state index in [1.165, 1.54) is 4.90 Å². The van der Waals surface area contributed by atoms with Gasteiger partial charge in [0.15, 0.2) is 0 Å². The zero-order valence-corrected chi connectivity index (χ0v) is 25.4. The molecule has 8 nitrogen and oxygen atoms in total. The average Bonchev–Trinajstić information content (AvgIpc) is 3.50. The molecule has 3 aliphatic rings. The molecule has 4 rings (SSSR count). The lowest BCUT2D eigenvalue weighted by atomic mass is 9.70. The van der Waals surface area contributed by atoms with Crippen LogP contribution in [0, 0.1) is 31.6 Å². The third kappa shape index (κ3) is 5.05. The number of likely N-dealkylation sites (tertiary alicyclic amines) is 1. The van der Waals surface area contributed by atoms with E-state index in [2.05, 4.69) is 29.1 Å². The predicted molar refractivity (Wildman–Crippen MR) is 157 cm³/mol. The van der Waals surface area contributed by atoms with E-state index in [9.17, 15) is 19.5 Å². The van der Waals surface area contributed by atoms with E-state index in [4.69, 9.17) is 9.47 Å². The summed E-state index contributed by atoms with van der Waals surface area (Å²) in [5.74, 6) is -3.04. The minimum absolute atomic E-state index is 0.144. The minimum Gasteiger partial charge on any atom is -0.465 e. The third-order valence-electron chi connectivity index (χ3n) is 8.58. The Hall–Kier alpha value is -2.49. The Kier molecular flexibility index (Phi) is 9.27. The largest absolute Gasteiger partial charge is 0.465 e. The predicted octanol–water partition coefficient (Wildman–Crippen LogP) is 4.10. The molecule has 1 N–H and O–H groups in total. The zero-order valence-electron chi connectivity index (χ0n) is 23.8. The van der Waals surface area contributed by atoms with Crippen LogP contribution in [-0.2, 0) is 23.9 Å². The molecule has 3 heterocycles. The number of esters is 1. The van der Waals surface area contributed by atoms with Crippen LogP contribution in [0.25, 0.3) is 0 Å². The second kappa shape index (κ2) is 12.2. The number of rotatable bonds is 12. The standard InChI is InChI=1S/C31H41BrN2O6/c1-7-9-10-14-39-30(38)24-25-28(36)34(23(17-35)18(3)4)27(31(25)16-21(32)26(24)40-31)29(37)33(13-8-2)22-15-19(5)11-12-20(22)6/h7-8,11-12,15,18,21,23-27,35H,1-2,9-10,13-14,16-17H2,3-6H3/t21?,23-,24-,25-,26-,27?,31?/m0/s1. The van der Waals surface area contributed by atoms with Crippen molar-refractivity contribution in [2.45, 2.75) is 75.6 Å². The SMILES string of the molecule is C=CCCCOC(=O)[C@H]1[C@H]2C(=O)N([C@@H](CO)C(C)C)C(C(=O)N(CC=C)c3cc(C)ccc3C)C23CC(Br)[C@@H]1O3. The van der Waals surface area contributed by atoms with Gasteiger partial charge in [0.1, 0.15) is 11.6 Å². The Labute approximate surface area is 245 Å². The number of carbonyl (C=O) groups is 3. The molecule has 3 fully saturated rings. The molecule has 218 valence electrons. The van der Waals surface area contributed by atoms with Crippen LogP contribution in [0.4, 0.5) is 5.69 Å². The summed E-state index contributed by atoms with van der Waals surface area (Å²) in [6.45, 7) is 15.4. The highest BCUT2D eigenvalue weighted by atomic mass is 79.9. The van der Waals surface area contributed by atoms with Crippen LogP contribution in [0.3, 0.4) is 0 Å². The van der Waals surface area contributed by atoms with E-state index in [0.29, 0.717) is 19.3 Å². The second-order valence-corrected chi connectivity index (χ2v) is 12.7. The Balaban J connectivity index is 1.81. The number of fused-ring (bicyclic) bond motifs is 1. The summed E-state index contributed by atoms with van der Waals surface area (Å²) in [6, 6.07) is 4.22. The Morgan fingerprint density at radius 3 is 2.65 bits per heavy atom. The number of hydrogen-bond acceptors (Lipinski definition) is 6. The summed E-state index contributed by atoms with van der Waals surface area (Å²) in [6.07, 6.45) is 4.54. The van der Waals surface area contributed by atoms with Crippen molar-refractivity contribution in [1.29, 1.82) is 0 Å². The lowest BCUT2D eigenvalue weighted by Crippen LogP contribution is -2.60. The van der Waals surface area contributed by atoms with Gasteiger partial charge in [-0.1, -0.05) is 54.1 Å². The van der Waals surface area contributed by atoms with Crippen LogP contribution in [0.5, 0.6) is 0 Å². The Bertz CT molecular complexity index is 1170. The first kappa shape index (κ1) is 30.5. The molecule has 7 atom stereocenters. The molecule has 1 aromatic carbocycles. The van der Waals surface area contributed by atoms with Crippen LogP contribution >= 0.6 is 15.9 Å². The number of allylic oxidation sites excluding steroid dienone is 1. The molecular formula is C31H41BrN2O6. The number of aliphatic hydroxyl groups excluding tert-OH is 1. The summed E-state index contributed by atoms with van der Waals surface area (Å²) < 4.78 is 12.2. The highest BCUT2D eigenvalue weighted by molar-refractivity contribution is 9.09. The summed E-state index contributed by atoms with van der Waals surface area (Å²) in [5, 5.41) is 10.5. The topological polar surface area (TPSA) is 96.4 Å². The lowest BCUT2D eigenvalue weighted by molar-refractivity contribution is -0.156. The molecule has 1 aromatic rings. The van der Waals surface area contributed by atoms with Gasteiger partial charge in [0, 0.05) is 17.1 Å². The molecule has 2 amide bonds. The average molecular weight is 618 g/mol. The van der Waals surface area contributed by atoms with Crippen molar-refractivity contribution < 1.29 is 29.0 Å². The Morgan fingerprint density at radius 1 is 1.30 bits per heavy atom. The fourth-order valence-corrected chi connectivity index (χ4v) is 7.63. The minimum atomic E-state index is -1.24. The fraction of sp³-hybridized carbons (Fsp3) is 0.581. The number of anilines is 1. The second-order valence-electron chi connectivity index (χ2n) is 11.5. The molecule has 9 heteroatoms. The van der Waals surface area contributed by atoms with Gasteiger partial charge >= 0.3 is 5.97 Å². The van der Waals surface area contributed by atoms with Crippen LogP contribution in [0.2, 0.25) is 0 Å². The van der Waals surface area contributed by atoms with E-state index in [0.717, 1.165) is 16.8 Å². The molecule has 0 radical (unpaired) electrons. The van der Waals surface area contributed by atoms with E-state index >= 15 is 0 Å². The molecular weight excluding hydrogens is 576 g/mol. The van der Waals surface area contributed by atoms with E-state index in [-0.39, 0.29) is 42.3 Å². The zero-order chi connectivity index (χ0) is 29.4. The first-order chi connectivity index (χ1) is 19.0. The van der Waals surface area contributed by atoms with E-state index < -0.39 is 41.6 Å². The summed E-state index contributed by atoms with van der Waals surface area (Å²) in [7, 11) is 0. The van der Waals surface area contributed by atoms with Crippen molar-refractivity contribution in [3.05, 3.63) is 54.6 Å². The van der Waals surface area contributed by atoms with Crippen molar-refractivity contribution in [3.63, 3.8) is 0 Å². The highest BCUT2D eigenvalue weighted by Gasteiger charge is 2.77. The molecule has 0 saturated carbocycles. The number of benzene rings is 1. The molecule has 40 heavy (non-hydrogen) atoms. The summed E-state index contributed by atoms with van der Waals surface area (Å²) in [5.41, 5.74) is 1.39. The van der Waals surface area contributed by atoms with Gasteiger partial charge in [0.25, 0.3) is 5.91 Å². The van der Waals surface area contributed by atoms with Gasteiger partial charge in [-0.05, 0) is 56.2 Å². The molecule has 1 spiro atoms. The van der Waals surface area contributed by atoms with Gasteiger partial charge in [0.2, 0.25) is 5.91 Å². The maximum atomic E-state index is 14.7. The number of unbranched alkanes of at least 4 members (excludes halogenated alkanes) is 1. The van der Waals surface area contributed by atoms with Crippen molar-refractivity contribution >= 4 is 39.4 Å². The number of alkyl halides is 1. The van der Waals surface area contributed by atoms with Crippen molar-refractivity contribution in [3.8, 4) is 0 Å². The highest BCUT2D eigenvalue weighted by Crippen LogP contribution is 2.61. The van der Waals surface area contributed by atoms with Crippen LogP contribution in [0.1, 0.15) is 44.2 Å². The van der Waals surface area contributed by atoms with Gasteiger partial charge in [0.05, 0.1) is 37.2 Å². The van der Waals surface area contributed by atoms with Crippen molar-refractivity contribution in [1.82, 2.24) is 4.90 Å². The number of ether oxygens (including phenoxy) is 2.